The van der Waals surface area contributed by atoms with Gasteiger partial charge in [-0.05, 0) is 74.2 Å². The molecule has 0 aliphatic heterocycles. The van der Waals surface area contributed by atoms with Crippen LogP contribution in [0.1, 0.15) is 55.1 Å². The van der Waals surface area contributed by atoms with Gasteiger partial charge in [0.1, 0.15) is 5.75 Å². The molecule has 0 aliphatic rings. The van der Waals surface area contributed by atoms with Crippen LogP contribution in [0.5, 0.6) is 5.75 Å². The molecular formula is C23H27NO5. The number of rotatable bonds is 8. The van der Waals surface area contributed by atoms with Gasteiger partial charge < -0.3 is 14.8 Å². The summed E-state index contributed by atoms with van der Waals surface area (Å²) in [6.45, 7) is 8.89. The van der Waals surface area contributed by atoms with E-state index in [0.717, 1.165) is 5.56 Å². The Morgan fingerprint density at radius 2 is 1.66 bits per heavy atom. The molecule has 29 heavy (non-hydrogen) atoms. The molecule has 154 valence electrons. The van der Waals surface area contributed by atoms with Crippen LogP contribution in [0.3, 0.4) is 0 Å². The van der Waals surface area contributed by atoms with Crippen LogP contribution in [0.25, 0.3) is 0 Å². The molecule has 2 aromatic carbocycles. The van der Waals surface area contributed by atoms with Gasteiger partial charge in [0.05, 0.1) is 0 Å². The first-order valence-corrected chi connectivity index (χ1v) is 9.52. The number of nitrogens with one attached hydrogen (secondary N) is 1. The highest BCUT2D eigenvalue weighted by Gasteiger charge is 2.18. The van der Waals surface area contributed by atoms with E-state index in [9.17, 15) is 14.4 Å². The zero-order valence-corrected chi connectivity index (χ0v) is 17.4. The molecule has 2 rings (SSSR count). The summed E-state index contributed by atoms with van der Waals surface area (Å²) in [6.07, 6.45) is -0.983. The van der Waals surface area contributed by atoms with Crippen molar-refractivity contribution in [3.05, 3.63) is 59.2 Å². The van der Waals surface area contributed by atoms with Crippen LogP contribution in [-0.4, -0.2) is 30.4 Å². The topological polar surface area (TPSA) is 81.7 Å². The van der Waals surface area contributed by atoms with E-state index in [1.54, 1.807) is 24.3 Å². The number of carbonyl (C=O) groups excluding carboxylic acids is 3. The molecular weight excluding hydrogens is 370 g/mol. The fraction of sp³-hybridized carbons (Fsp3) is 0.348. The number of aryl methyl sites for hydroxylation is 1. The molecule has 0 fully saturated rings. The number of amides is 1. The van der Waals surface area contributed by atoms with Crippen LogP contribution in [-0.2, 0) is 14.3 Å². The molecule has 0 aliphatic carbocycles. The number of benzene rings is 2. The van der Waals surface area contributed by atoms with Crippen molar-refractivity contribution in [2.75, 3.05) is 11.9 Å². The van der Waals surface area contributed by atoms with Crippen LogP contribution in [0, 0.1) is 6.92 Å². The normalized spacial score (nSPS) is 11.7. The van der Waals surface area contributed by atoms with Gasteiger partial charge in [0.15, 0.2) is 18.5 Å². The Morgan fingerprint density at radius 3 is 2.21 bits per heavy atom. The molecule has 0 saturated carbocycles. The highest BCUT2D eigenvalue weighted by Crippen LogP contribution is 2.23. The first kappa shape index (κ1) is 22.1. The van der Waals surface area contributed by atoms with E-state index in [0.29, 0.717) is 22.9 Å². The Labute approximate surface area is 171 Å². The Balaban J connectivity index is 1.84. The van der Waals surface area contributed by atoms with Gasteiger partial charge in [-0.15, -0.1) is 0 Å². The highest BCUT2D eigenvalue weighted by atomic mass is 16.6. The van der Waals surface area contributed by atoms with Crippen molar-refractivity contribution >= 4 is 23.3 Å². The summed E-state index contributed by atoms with van der Waals surface area (Å²) in [6, 6.07) is 12.2. The van der Waals surface area contributed by atoms with Gasteiger partial charge in [-0.1, -0.05) is 19.9 Å². The zero-order valence-electron chi connectivity index (χ0n) is 17.4. The van der Waals surface area contributed by atoms with Crippen molar-refractivity contribution in [1.29, 1.82) is 0 Å². The minimum absolute atomic E-state index is 0.0563. The smallest absolute Gasteiger partial charge is 0.344 e. The second-order valence-corrected chi connectivity index (χ2v) is 7.22. The quantitative estimate of drug-likeness (QED) is 0.531. The first-order valence-electron chi connectivity index (χ1n) is 9.52. The number of hydrogen-bond donors (Lipinski definition) is 1. The third-order valence-electron chi connectivity index (χ3n) is 4.46. The molecule has 0 aromatic heterocycles. The lowest BCUT2D eigenvalue weighted by molar-refractivity contribution is -0.155. The van der Waals surface area contributed by atoms with E-state index in [1.165, 1.54) is 19.4 Å². The van der Waals surface area contributed by atoms with Crippen molar-refractivity contribution in [1.82, 2.24) is 0 Å². The molecule has 1 N–H and O–H groups in total. The van der Waals surface area contributed by atoms with Crippen molar-refractivity contribution in [2.45, 2.75) is 46.6 Å². The fourth-order valence-corrected chi connectivity index (χ4v) is 2.84. The maximum atomic E-state index is 12.2. The Bertz CT molecular complexity index is 887. The van der Waals surface area contributed by atoms with Crippen molar-refractivity contribution in [3.8, 4) is 5.75 Å². The number of carbonyl (C=O) groups is 3. The number of hydrogen-bond acceptors (Lipinski definition) is 5. The number of anilines is 1. The molecule has 0 heterocycles. The van der Waals surface area contributed by atoms with E-state index >= 15 is 0 Å². The van der Waals surface area contributed by atoms with Gasteiger partial charge in [-0.2, -0.15) is 0 Å². The summed E-state index contributed by atoms with van der Waals surface area (Å²) in [5, 5.41) is 2.64. The van der Waals surface area contributed by atoms with Crippen LogP contribution < -0.4 is 10.1 Å². The largest absolute Gasteiger partial charge is 0.482 e. The summed E-state index contributed by atoms with van der Waals surface area (Å²) >= 11 is 0. The summed E-state index contributed by atoms with van der Waals surface area (Å²) in [5.74, 6) is -0.172. The van der Waals surface area contributed by atoms with Gasteiger partial charge in [-0.3, -0.25) is 9.59 Å². The van der Waals surface area contributed by atoms with E-state index in [4.69, 9.17) is 9.47 Å². The predicted molar refractivity (Wildman–Crippen MR) is 111 cm³/mol. The van der Waals surface area contributed by atoms with Crippen LogP contribution in [0.15, 0.2) is 42.5 Å². The number of ketones is 1. The van der Waals surface area contributed by atoms with Crippen LogP contribution >= 0.6 is 0 Å². The second kappa shape index (κ2) is 9.87. The van der Waals surface area contributed by atoms with Crippen molar-refractivity contribution in [3.63, 3.8) is 0 Å². The maximum Gasteiger partial charge on any atom is 0.344 e. The summed E-state index contributed by atoms with van der Waals surface area (Å²) in [4.78, 5) is 35.5. The fourth-order valence-electron chi connectivity index (χ4n) is 2.84. The Hall–Kier alpha value is -3.15. The molecule has 1 atom stereocenters. The molecule has 0 radical (unpaired) electrons. The minimum Gasteiger partial charge on any atom is -0.482 e. The van der Waals surface area contributed by atoms with Gasteiger partial charge in [-0.25, -0.2) is 4.79 Å². The average Bonchev–Trinajstić information content (AvgIpc) is 2.66. The van der Waals surface area contributed by atoms with E-state index in [1.807, 2.05) is 25.1 Å². The number of Topliss-reactive ketones (excluding diaryl/α,β-unsaturated/α-hetero) is 1. The van der Waals surface area contributed by atoms with Gasteiger partial charge in [0, 0.05) is 11.3 Å². The number of esters is 1. The lowest BCUT2D eigenvalue weighted by atomic mass is 9.98. The zero-order chi connectivity index (χ0) is 21.6. The van der Waals surface area contributed by atoms with E-state index in [-0.39, 0.29) is 12.4 Å². The van der Waals surface area contributed by atoms with Crippen LogP contribution in [0.2, 0.25) is 0 Å². The lowest BCUT2D eigenvalue weighted by Crippen LogP contribution is -2.31. The Kier molecular flexibility index (Phi) is 7.53. The van der Waals surface area contributed by atoms with Crippen molar-refractivity contribution in [2.24, 2.45) is 0 Å². The summed E-state index contributed by atoms with van der Waals surface area (Å²) in [5.41, 5.74) is 3.38. The summed E-state index contributed by atoms with van der Waals surface area (Å²) < 4.78 is 10.6. The maximum absolute atomic E-state index is 12.2. The molecule has 0 saturated heterocycles. The highest BCUT2D eigenvalue weighted by molar-refractivity contribution is 5.97. The van der Waals surface area contributed by atoms with E-state index < -0.39 is 18.0 Å². The molecule has 2 aromatic rings. The molecule has 0 spiro atoms. The van der Waals surface area contributed by atoms with E-state index in [2.05, 4.69) is 19.2 Å². The first-order chi connectivity index (χ1) is 13.7. The molecule has 0 unspecified atom stereocenters. The SMILES string of the molecule is CC(=O)c1ccc(NC(=O)[C@H](C)OC(=O)COc2ccc(C(C)C)c(C)c2)cc1. The van der Waals surface area contributed by atoms with Gasteiger partial charge >= 0.3 is 5.97 Å². The molecule has 6 heteroatoms. The molecule has 1 amide bonds. The monoisotopic (exact) mass is 397 g/mol. The third-order valence-corrected chi connectivity index (χ3v) is 4.46. The minimum atomic E-state index is -0.983. The molecule has 0 bridgehead atoms. The summed E-state index contributed by atoms with van der Waals surface area (Å²) in [7, 11) is 0. The number of ether oxygens (including phenoxy) is 2. The van der Waals surface area contributed by atoms with Crippen molar-refractivity contribution < 1.29 is 23.9 Å². The second-order valence-electron chi connectivity index (χ2n) is 7.22. The standard InChI is InChI=1S/C23H27NO5/c1-14(2)21-11-10-20(12-15(21)3)28-13-22(26)29-17(5)23(27)24-19-8-6-18(7-9-19)16(4)25/h6-12,14,17H,13H2,1-5H3,(H,24,27)/t17-/m0/s1. The molecule has 6 nitrogen and oxygen atoms in total. The predicted octanol–water partition coefficient (Wildman–Crippen LogP) is 4.27. The van der Waals surface area contributed by atoms with Gasteiger partial charge in [0.2, 0.25) is 0 Å². The Morgan fingerprint density at radius 1 is 1.00 bits per heavy atom. The van der Waals surface area contributed by atoms with Crippen LogP contribution in [0.4, 0.5) is 5.69 Å². The average molecular weight is 397 g/mol. The van der Waals surface area contributed by atoms with Gasteiger partial charge in [0.25, 0.3) is 5.91 Å². The lowest BCUT2D eigenvalue weighted by Gasteiger charge is -2.15. The third kappa shape index (κ3) is 6.45.